The number of likely N-dealkylation sites (tertiary alicyclic amines) is 1. The second-order valence-electron chi connectivity index (χ2n) is 6.27. The minimum absolute atomic E-state index is 0.0159. The van der Waals surface area contributed by atoms with Crippen LogP contribution >= 0.6 is 11.3 Å². The van der Waals surface area contributed by atoms with E-state index >= 15 is 0 Å². The molecule has 1 aliphatic carbocycles. The van der Waals surface area contributed by atoms with Crippen molar-refractivity contribution in [3.05, 3.63) is 33.6 Å². The van der Waals surface area contributed by atoms with Gasteiger partial charge in [-0.2, -0.15) is 4.98 Å². The number of hydrogen-bond acceptors (Lipinski definition) is 6. The van der Waals surface area contributed by atoms with E-state index in [2.05, 4.69) is 15.5 Å². The van der Waals surface area contributed by atoms with Crippen LogP contribution in [-0.2, 0) is 0 Å². The number of aromatic nitrogens is 2. The van der Waals surface area contributed by atoms with Crippen molar-refractivity contribution < 1.29 is 14.1 Å². The van der Waals surface area contributed by atoms with Crippen molar-refractivity contribution in [1.29, 1.82) is 0 Å². The Morgan fingerprint density at radius 3 is 2.88 bits per heavy atom. The minimum atomic E-state index is -0.308. The van der Waals surface area contributed by atoms with Gasteiger partial charge in [0.15, 0.2) is 0 Å². The van der Waals surface area contributed by atoms with Gasteiger partial charge in [-0.25, -0.2) is 0 Å². The van der Waals surface area contributed by atoms with E-state index in [9.17, 15) is 9.59 Å². The summed E-state index contributed by atoms with van der Waals surface area (Å²) in [6, 6.07) is 3.77. The first-order chi connectivity index (χ1) is 11.6. The standard InChI is InChI=1S/C16H18N4O3S/c1-9-4-7-12(24-9)16(22)20-8-2-3-11(20)15-18-13(19-23-15)14(21)17-10-5-6-10/h4,7,10-11H,2-3,5-6,8H2,1H3,(H,17,21). The molecule has 2 fully saturated rings. The second-order valence-corrected chi connectivity index (χ2v) is 7.56. The molecular weight excluding hydrogens is 328 g/mol. The molecule has 2 aliphatic rings. The minimum Gasteiger partial charge on any atom is -0.346 e. The van der Waals surface area contributed by atoms with Crippen molar-refractivity contribution in [3.63, 3.8) is 0 Å². The Balaban J connectivity index is 1.51. The molecule has 1 aliphatic heterocycles. The number of carbonyl (C=O) groups excluding carboxylic acids is 2. The van der Waals surface area contributed by atoms with E-state index in [0.717, 1.165) is 30.6 Å². The Morgan fingerprint density at radius 2 is 2.17 bits per heavy atom. The van der Waals surface area contributed by atoms with E-state index in [0.29, 0.717) is 17.3 Å². The molecule has 0 spiro atoms. The summed E-state index contributed by atoms with van der Waals surface area (Å²) in [7, 11) is 0. The molecule has 7 nitrogen and oxygen atoms in total. The summed E-state index contributed by atoms with van der Waals surface area (Å²) in [6.07, 6.45) is 3.65. The summed E-state index contributed by atoms with van der Waals surface area (Å²) in [5.41, 5.74) is 0. The van der Waals surface area contributed by atoms with Gasteiger partial charge < -0.3 is 14.7 Å². The van der Waals surface area contributed by atoms with Crippen LogP contribution in [0.3, 0.4) is 0 Å². The van der Waals surface area contributed by atoms with E-state index in [-0.39, 0.29) is 29.7 Å². The summed E-state index contributed by atoms with van der Waals surface area (Å²) in [4.78, 5) is 32.5. The highest BCUT2D eigenvalue weighted by atomic mass is 32.1. The largest absolute Gasteiger partial charge is 0.346 e. The van der Waals surface area contributed by atoms with Gasteiger partial charge in [0.05, 0.1) is 4.88 Å². The lowest BCUT2D eigenvalue weighted by atomic mass is 10.2. The summed E-state index contributed by atoms with van der Waals surface area (Å²) in [5, 5.41) is 6.61. The molecule has 4 rings (SSSR count). The Hall–Kier alpha value is -2.22. The monoisotopic (exact) mass is 346 g/mol. The average molecular weight is 346 g/mol. The van der Waals surface area contributed by atoms with Crippen LogP contribution in [0.25, 0.3) is 0 Å². The van der Waals surface area contributed by atoms with Crippen molar-refractivity contribution in [3.8, 4) is 0 Å². The van der Waals surface area contributed by atoms with Gasteiger partial charge in [-0.1, -0.05) is 5.16 Å². The third-order valence-electron chi connectivity index (χ3n) is 4.31. The van der Waals surface area contributed by atoms with Crippen LogP contribution in [-0.4, -0.2) is 39.4 Å². The molecule has 2 aromatic heterocycles. The molecule has 1 saturated heterocycles. The number of rotatable bonds is 4. The number of hydrogen-bond donors (Lipinski definition) is 1. The maximum absolute atomic E-state index is 12.7. The van der Waals surface area contributed by atoms with Crippen LogP contribution in [0.15, 0.2) is 16.7 Å². The lowest BCUT2D eigenvalue weighted by Crippen LogP contribution is -2.30. The van der Waals surface area contributed by atoms with Crippen molar-refractivity contribution in [2.45, 2.75) is 44.7 Å². The summed E-state index contributed by atoms with van der Waals surface area (Å²) in [5.74, 6) is 0.0632. The number of nitrogens with zero attached hydrogens (tertiary/aromatic N) is 3. The summed E-state index contributed by atoms with van der Waals surface area (Å²) < 4.78 is 5.28. The topological polar surface area (TPSA) is 88.3 Å². The highest BCUT2D eigenvalue weighted by molar-refractivity contribution is 7.13. The fourth-order valence-electron chi connectivity index (χ4n) is 2.90. The van der Waals surface area contributed by atoms with E-state index in [1.165, 1.54) is 11.3 Å². The summed E-state index contributed by atoms with van der Waals surface area (Å²) in [6.45, 7) is 2.64. The van der Waals surface area contributed by atoms with Crippen LogP contribution in [0.4, 0.5) is 0 Å². The van der Waals surface area contributed by atoms with Gasteiger partial charge in [0.2, 0.25) is 5.89 Å². The van der Waals surface area contributed by atoms with Gasteiger partial charge in [0.25, 0.3) is 17.6 Å². The molecule has 1 atom stereocenters. The van der Waals surface area contributed by atoms with Gasteiger partial charge in [0.1, 0.15) is 6.04 Å². The van der Waals surface area contributed by atoms with Crippen molar-refractivity contribution in [2.75, 3.05) is 6.54 Å². The van der Waals surface area contributed by atoms with Crippen LogP contribution in [0.5, 0.6) is 0 Å². The first-order valence-electron chi connectivity index (χ1n) is 8.13. The average Bonchev–Trinajstić information content (AvgIpc) is 3.02. The molecule has 3 heterocycles. The van der Waals surface area contributed by atoms with Gasteiger partial charge in [0, 0.05) is 17.5 Å². The van der Waals surface area contributed by atoms with E-state index < -0.39 is 0 Å². The maximum Gasteiger partial charge on any atom is 0.292 e. The van der Waals surface area contributed by atoms with Crippen LogP contribution in [0.2, 0.25) is 0 Å². The second kappa shape index (κ2) is 6.01. The lowest BCUT2D eigenvalue weighted by Gasteiger charge is -2.20. The molecule has 0 radical (unpaired) electrons. The molecule has 8 heteroatoms. The van der Waals surface area contributed by atoms with Crippen LogP contribution in [0, 0.1) is 6.92 Å². The Morgan fingerprint density at radius 1 is 1.33 bits per heavy atom. The number of amides is 2. The molecular formula is C16H18N4O3S. The first-order valence-corrected chi connectivity index (χ1v) is 8.95. The van der Waals surface area contributed by atoms with Crippen molar-refractivity contribution in [1.82, 2.24) is 20.4 Å². The normalized spacial score (nSPS) is 20.4. The van der Waals surface area contributed by atoms with E-state index in [4.69, 9.17) is 4.52 Å². The van der Waals surface area contributed by atoms with Gasteiger partial charge in [-0.05, 0) is 44.7 Å². The van der Waals surface area contributed by atoms with Gasteiger partial charge in [-0.15, -0.1) is 11.3 Å². The molecule has 2 amide bonds. The fraction of sp³-hybridized carbons (Fsp3) is 0.500. The molecule has 1 unspecified atom stereocenters. The molecule has 24 heavy (non-hydrogen) atoms. The molecule has 126 valence electrons. The Bertz CT molecular complexity index is 780. The zero-order valence-electron chi connectivity index (χ0n) is 13.3. The Kier molecular flexibility index (Phi) is 3.84. The number of carbonyl (C=O) groups is 2. The number of thiophene rings is 1. The van der Waals surface area contributed by atoms with Gasteiger partial charge in [-0.3, -0.25) is 9.59 Å². The third kappa shape index (κ3) is 2.93. The number of nitrogens with one attached hydrogen (secondary N) is 1. The Labute approximate surface area is 143 Å². The predicted octanol–water partition coefficient (Wildman–Crippen LogP) is 2.31. The quantitative estimate of drug-likeness (QED) is 0.918. The molecule has 1 N–H and O–H groups in total. The third-order valence-corrected chi connectivity index (χ3v) is 5.30. The van der Waals surface area contributed by atoms with E-state index in [1.807, 2.05) is 19.1 Å². The van der Waals surface area contributed by atoms with Crippen LogP contribution < -0.4 is 5.32 Å². The zero-order valence-corrected chi connectivity index (χ0v) is 14.1. The summed E-state index contributed by atoms with van der Waals surface area (Å²) >= 11 is 1.48. The van der Waals surface area contributed by atoms with E-state index in [1.54, 1.807) is 4.90 Å². The molecule has 2 aromatic rings. The number of aryl methyl sites for hydroxylation is 1. The molecule has 0 bridgehead atoms. The molecule has 1 saturated carbocycles. The molecule has 0 aromatic carbocycles. The predicted molar refractivity (Wildman–Crippen MR) is 86.9 cm³/mol. The van der Waals surface area contributed by atoms with Crippen LogP contribution in [0.1, 0.15) is 62.8 Å². The van der Waals surface area contributed by atoms with Crippen molar-refractivity contribution >= 4 is 23.2 Å². The highest BCUT2D eigenvalue weighted by Gasteiger charge is 2.36. The lowest BCUT2D eigenvalue weighted by molar-refractivity contribution is 0.0714. The fourth-order valence-corrected chi connectivity index (χ4v) is 3.72. The van der Waals surface area contributed by atoms with Crippen molar-refractivity contribution in [2.24, 2.45) is 0 Å². The maximum atomic E-state index is 12.7. The zero-order chi connectivity index (χ0) is 16.7. The SMILES string of the molecule is Cc1ccc(C(=O)N2CCCC2c2nc(C(=O)NC3CC3)no2)s1. The highest BCUT2D eigenvalue weighted by Crippen LogP contribution is 2.33. The smallest absolute Gasteiger partial charge is 0.292 e. The first kappa shape index (κ1) is 15.3. The van der Waals surface area contributed by atoms with Gasteiger partial charge >= 0.3 is 0 Å².